The van der Waals surface area contributed by atoms with Gasteiger partial charge in [-0.2, -0.15) is 0 Å². The van der Waals surface area contributed by atoms with E-state index in [1.807, 2.05) is 6.07 Å². The SMILES string of the molecule is NC1CCCC1NC(=O)c1cc(Br)c(Br)s1. The minimum Gasteiger partial charge on any atom is -0.347 e. The molecule has 1 heterocycles. The quantitative estimate of drug-likeness (QED) is 0.844. The lowest BCUT2D eigenvalue weighted by molar-refractivity contribution is 0.0938. The normalized spacial score (nSPS) is 24.7. The first-order valence-corrected chi connectivity index (χ1v) is 7.49. The van der Waals surface area contributed by atoms with E-state index >= 15 is 0 Å². The number of thiophene rings is 1. The first-order chi connectivity index (χ1) is 7.58. The zero-order valence-electron chi connectivity index (χ0n) is 8.50. The summed E-state index contributed by atoms with van der Waals surface area (Å²) in [5, 5.41) is 2.99. The number of rotatable bonds is 2. The lowest BCUT2D eigenvalue weighted by Gasteiger charge is -2.16. The Morgan fingerprint density at radius 2 is 2.25 bits per heavy atom. The van der Waals surface area contributed by atoms with Gasteiger partial charge in [-0.3, -0.25) is 4.79 Å². The number of carbonyl (C=O) groups is 1. The molecule has 1 aliphatic carbocycles. The fraction of sp³-hybridized carbons (Fsp3) is 0.500. The molecule has 0 radical (unpaired) electrons. The van der Waals surface area contributed by atoms with E-state index in [0.717, 1.165) is 27.5 Å². The van der Waals surface area contributed by atoms with E-state index in [1.165, 1.54) is 11.3 Å². The average molecular weight is 368 g/mol. The van der Waals surface area contributed by atoms with Gasteiger partial charge in [0.25, 0.3) is 5.91 Å². The highest BCUT2D eigenvalue weighted by atomic mass is 79.9. The summed E-state index contributed by atoms with van der Waals surface area (Å²) in [6.07, 6.45) is 3.09. The van der Waals surface area contributed by atoms with Crippen LogP contribution in [0.5, 0.6) is 0 Å². The molecule has 88 valence electrons. The first-order valence-electron chi connectivity index (χ1n) is 5.09. The molecule has 0 spiro atoms. The molecule has 0 saturated heterocycles. The molecule has 1 saturated carbocycles. The van der Waals surface area contributed by atoms with Crippen molar-refractivity contribution in [3.05, 3.63) is 19.2 Å². The molecule has 1 fully saturated rings. The maximum atomic E-state index is 11.9. The Morgan fingerprint density at radius 1 is 1.50 bits per heavy atom. The number of nitrogens with one attached hydrogen (secondary N) is 1. The van der Waals surface area contributed by atoms with Crippen LogP contribution >= 0.6 is 43.2 Å². The van der Waals surface area contributed by atoms with E-state index in [4.69, 9.17) is 5.73 Å². The Kier molecular flexibility index (Phi) is 4.05. The zero-order valence-corrected chi connectivity index (χ0v) is 12.5. The van der Waals surface area contributed by atoms with Gasteiger partial charge in [-0.15, -0.1) is 11.3 Å². The molecular formula is C10H12Br2N2OS. The monoisotopic (exact) mass is 366 g/mol. The van der Waals surface area contributed by atoms with Crippen molar-refractivity contribution >= 4 is 49.1 Å². The second kappa shape index (κ2) is 5.16. The van der Waals surface area contributed by atoms with Crippen LogP contribution in [0.25, 0.3) is 0 Å². The number of hydrogen-bond acceptors (Lipinski definition) is 3. The van der Waals surface area contributed by atoms with Crippen LogP contribution in [-0.4, -0.2) is 18.0 Å². The van der Waals surface area contributed by atoms with Gasteiger partial charge in [0.2, 0.25) is 0 Å². The van der Waals surface area contributed by atoms with Crippen molar-refractivity contribution in [1.29, 1.82) is 0 Å². The smallest absolute Gasteiger partial charge is 0.261 e. The minimum absolute atomic E-state index is 0.0289. The van der Waals surface area contributed by atoms with Crippen molar-refractivity contribution in [3.63, 3.8) is 0 Å². The molecule has 1 aliphatic rings. The molecule has 6 heteroatoms. The molecule has 2 atom stereocenters. The summed E-state index contributed by atoms with van der Waals surface area (Å²) in [5.41, 5.74) is 5.91. The van der Waals surface area contributed by atoms with Crippen molar-refractivity contribution in [1.82, 2.24) is 5.32 Å². The Balaban J connectivity index is 2.02. The molecule has 0 bridgehead atoms. The van der Waals surface area contributed by atoms with E-state index < -0.39 is 0 Å². The molecule has 0 aliphatic heterocycles. The molecule has 2 unspecified atom stereocenters. The van der Waals surface area contributed by atoms with E-state index in [9.17, 15) is 4.79 Å². The van der Waals surface area contributed by atoms with Gasteiger partial charge >= 0.3 is 0 Å². The fourth-order valence-electron chi connectivity index (χ4n) is 1.87. The third-order valence-electron chi connectivity index (χ3n) is 2.75. The molecule has 3 N–H and O–H groups in total. The zero-order chi connectivity index (χ0) is 11.7. The van der Waals surface area contributed by atoms with Crippen molar-refractivity contribution in [2.45, 2.75) is 31.3 Å². The van der Waals surface area contributed by atoms with Crippen LogP contribution < -0.4 is 11.1 Å². The van der Waals surface area contributed by atoms with Crippen LogP contribution in [0.15, 0.2) is 14.3 Å². The third-order valence-corrected chi connectivity index (χ3v) is 6.01. The molecule has 1 aromatic rings. The molecular weight excluding hydrogens is 356 g/mol. The predicted octanol–water partition coefficient (Wildman–Crippen LogP) is 2.88. The maximum Gasteiger partial charge on any atom is 0.261 e. The van der Waals surface area contributed by atoms with E-state index in [0.29, 0.717) is 4.88 Å². The van der Waals surface area contributed by atoms with Gasteiger partial charge in [0, 0.05) is 16.6 Å². The second-order valence-electron chi connectivity index (χ2n) is 3.91. The minimum atomic E-state index is -0.0289. The predicted molar refractivity (Wildman–Crippen MR) is 72.8 cm³/mol. The Hall–Kier alpha value is 0.0900. The second-order valence-corrected chi connectivity index (χ2v) is 7.13. The maximum absolute atomic E-state index is 11.9. The van der Waals surface area contributed by atoms with Crippen molar-refractivity contribution < 1.29 is 4.79 Å². The largest absolute Gasteiger partial charge is 0.347 e. The molecule has 16 heavy (non-hydrogen) atoms. The van der Waals surface area contributed by atoms with Crippen molar-refractivity contribution in [2.24, 2.45) is 5.73 Å². The number of carbonyl (C=O) groups excluding carboxylic acids is 1. The number of nitrogens with two attached hydrogens (primary N) is 1. The van der Waals surface area contributed by atoms with Crippen molar-refractivity contribution in [3.8, 4) is 0 Å². The summed E-state index contributed by atoms with van der Waals surface area (Å²) in [4.78, 5) is 12.6. The van der Waals surface area contributed by atoms with Crippen LogP contribution in [0, 0.1) is 0 Å². The Bertz CT molecular complexity index is 388. The Morgan fingerprint density at radius 3 is 2.75 bits per heavy atom. The van der Waals surface area contributed by atoms with Gasteiger partial charge < -0.3 is 11.1 Å². The van der Waals surface area contributed by atoms with Gasteiger partial charge in [0.1, 0.15) is 0 Å². The molecule has 2 rings (SSSR count). The van der Waals surface area contributed by atoms with Gasteiger partial charge in [0.15, 0.2) is 0 Å². The highest BCUT2D eigenvalue weighted by molar-refractivity contribution is 9.13. The summed E-state index contributed by atoms with van der Waals surface area (Å²) in [5.74, 6) is -0.0289. The molecule has 1 aromatic heterocycles. The van der Waals surface area contributed by atoms with Crippen LogP contribution in [0.3, 0.4) is 0 Å². The summed E-state index contributed by atoms with van der Waals surface area (Å²) >= 11 is 8.17. The van der Waals surface area contributed by atoms with E-state index in [-0.39, 0.29) is 18.0 Å². The lowest BCUT2D eigenvalue weighted by Crippen LogP contribution is -2.43. The average Bonchev–Trinajstić information content (AvgIpc) is 2.76. The van der Waals surface area contributed by atoms with Gasteiger partial charge in [0.05, 0.1) is 8.66 Å². The highest BCUT2D eigenvalue weighted by Gasteiger charge is 2.26. The summed E-state index contributed by atoms with van der Waals surface area (Å²) < 4.78 is 1.85. The standard InChI is InChI=1S/C10H12Br2N2OS/c11-5-4-8(16-9(5)12)10(15)14-7-3-1-2-6(7)13/h4,6-7H,1-3,13H2,(H,14,15). The van der Waals surface area contributed by atoms with Gasteiger partial charge in [-0.05, 0) is 57.2 Å². The van der Waals surface area contributed by atoms with Crippen LogP contribution in [0.1, 0.15) is 28.9 Å². The molecule has 1 amide bonds. The van der Waals surface area contributed by atoms with Crippen LogP contribution in [-0.2, 0) is 0 Å². The van der Waals surface area contributed by atoms with Crippen LogP contribution in [0.2, 0.25) is 0 Å². The van der Waals surface area contributed by atoms with Gasteiger partial charge in [-0.25, -0.2) is 0 Å². The summed E-state index contributed by atoms with van der Waals surface area (Å²) in [7, 11) is 0. The number of hydrogen-bond donors (Lipinski definition) is 2. The van der Waals surface area contributed by atoms with Crippen LogP contribution in [0.4, 0.5) is 0 Å². The number of amides is 1. The molecule has 3 nitrogen and oxygen atoms in total. The van der Waals surface area contributed by atoms with E-state index in [1.54, 1.807) is 0 Å². The third kappa shape index (κ3) is 2.67. The summed E-state index contributed by atoms with van der Waals surface area (Å²) in [6.45, 7) is 0. The Labute approximate surface area is 115 Å². The lowest BCUT2D eigenvalue weighted by atomic mass is 10.2. The fourth-order valence-corrected chi connectivity index (χ4v) is 3.80. The number of halogens is 2. The van der Waals surface area contributed by atoms with Gasteiger partial charge in [-0.1, -0.05) is 0 Å². The molecule has 0 aromatic carbocycles. The highest BCUT2D eigenvalue weighted by Crippen LogP contribution is 2.32. The van der Waals surface area contributed by atoms with Crippen molar-refractivity contribution in [2.75, 3.05) is 0 Å². The topological polar surface area (TPSA) is 55.1 Å². The van der Waals surface area contributed by atoms with E-state index in [2.05, 4.69) is 37.2 Å². The summed E-state index contributed by atoms with van der Waals surface area (Å²) in [6, 6.07) is 2.06. The first kappa shape index (κ1) is 12.5.